The van der Waals surface area contributed by atoms with Crippen LogP contribution in [-0.4, -0.2) is 22.2 Å². The van der Waals surface area contributed by atoms with E-state index in [0.29, 0.717) is 0 Å². The quantitative estimate of drug-likeness (QED) is 0.736. The molecule has 4 heteroatoms. The van der Waals surface area contributed by atoms with Crippen molar-refractivity contribution in [3.63, 3.8) is 0 Å². The number of carboxylic acid groups (broad SMARTS) is 2. The molecule has 0 bridgehead atoms. The van der Waals surface area contributed by atoms with Gasteiger partial charge in [-0.25, -0.2) is 0 Å². The summed E-state index contributed by atoms with van der Waals surface area (Å²) in [6.07, 6.45) is 1.74. The molecule has 0 rings (SSSR count). The van der Waals surface area contributed by atoms with Crippen LogP contribution >= 0.6 is 0 Å². The minimum Gasteiger partial charge on any atom is -0.481 e. The van der Waals surface area contributed by atoms with Gasteiger partial charge in [0.15, 0.2) is 0 Å². The molecule has 0 aliphatic carbocycles. The molecule has 0 amide bonds. The molecule has 0 heterocycles. The van der Waals surface area contributed by atoms with Crippen LogP contribution in [0.2, 0.25) is 0 Å². The molecule has 0 saturated carbocycles. The Labute approximate surface area is 84.9 Å². The van der Waals surface area contributed by atoms with Crippen molar-refractivity contribution >= 4 is 11.9 Å². The molecule has 0 aliphatic rings. The topological polar surface area (TPSA) is 74.6 Å². The fraction of sp³-hybridized carbons (Fsp3) is 0.800. The fourth-order valence-electron chi connectivity index (χ4n) is 0.556. The first-order chi connectivity index (χ1) is 6.32. The number of hydrogen-bond donors (Lipinski definition) is 2. The van der Waals surface area contributed by atoms with Crippen LogP contribution in [-0.2, 0) is 9.59 Å². The molecule has 1 atom stereocenters. The van der Waals surface area contributed by atoms with Gasteiger partial charge in [-0.2, -0.15) is 0 Å². The van der Waals surface area contributed by atoms with E-state index in [1.165, 1.54) is 0 Å². The lowest BCUT2D eigenvalue weighted by molar-refractivity contribution is -0.141. The van der Waals surface area contributed by atoms with Gasteiger partial charge in [-0.15, -0.1) is 0 Å². The Balaban J connectivity index is 0. The number of rotatable bonds is 4. The summed E-state index contributed by atoms with van der Waals surface area (Å²) in [6.45, 7) is 7.00. The van der Waals surface area contributed by atoms with Crippen LogP contribution in [0.4, 0.5) is 0 Å². The minimum absolute atomic E-state index is 0.167. The predicted molar refractivity (Wildman–Crippen MR) is 54.2 cm³/mol. The van der Waals surface area contributed by atoms with Crippen LogP contribution < -0.4 is 0 Å². The lowest BCUT2D eigenvalue weighted by Gasteiger charge is -2.00. The van der Waals surface area contributed by atoms with Gasteiger partial charge in [0.2, 0.25) is 0 Å². The Morgan fingerprint density at radius 3 is 1.50 bits per heavy atom. The molecule has 4 nitrogen and oxygen atoms in total. The number of carboxylic acids is 2. The Kier molecular flexibility index (Phi) is 9.40. The van der Waals surface area contributed by atoms with Gasteiger partial charge in [0.05, 0.1) is 11.8 Å². The van der Waals surface area contributed by atoms with Gasteiger partial charge in [0.1, 0.15) is 0 Å². The third-order valence-electron chi connectivity index (χ3n) is 1.64. The highest BCUT2D eigenvalue weighted by Gasteiger charge is 2.07. The van der Waals surface area contributed by atoms with E-state index < -0.39 is 11.9 Å². The van der Waals surface area contributed by atoms with Crippen molar-refractivity contribution in [2.75, 3.05) is 0 Å². The largest absolute Gasteiger partial charge is 0.481 e. The first-order valence-corrected chi connectivity index (χ1v) is 4.78. The molecule has 0 radical (unpaired) electrons. The lowest BCUT2D eigenvalue weighted by atomic mass is 10.1. The highest BCUT2D eigenvalue weighted by molar-refractivity contribution is 5.69. The third-order valence-corrected chi connectivity index (χ3v) is 1.64. The monoisotopic (exact) mass is 204 g/mol. The zero-order valence-electron chi connectivity index (χ0n) is 9.28. The summed E-state index contributed by atoms with van der Waals surface area (Å²) in [7, 11) is 0. The average Bonchev–Trinajstić information content (AvgIpc) is 2.05. The van der Waals surface area contributed by atoms with E-state index in [1.54, 1.807) is 20.8 Å². The Morgan fingerprint density at radius 1 is 1.07 bits per heavy atom. The van der Waals surface area contributed by atoms with E-state index >= 15 is 0 Å². The van der Waals surface area contributed by atoms with Crippen molar-refractivity contribution in [1.82, 2.24) is 0 Å². The van der Waals surface area contributed by atoms with Crippen molar-refractivity contribution in [3.8, 4) is 0 Å². The van der Waals surface area contributed by atoms with E-state index in [1.807, 2.05) is 6.92 Å². The standard InChI is InChI=1S/C6H12O2.C4H8O2/c1-3-4-5(2)6(7)8;1-3(2)4(5)6/h5H,3-4H2,1-2H3,(H,7,8);3H,1-2H3,(H,5,6). The van der Waals surface area contributed by atoms with Gasteiger partial charge < -0.3 is 10.2 Å². The van der Waals surface area contributed by atoms with Crippen molar-refractivity contribution in [1.29, 1.82) is 0 Å². The molecular formula is C10H20O4. The molecule has 0 aromatic rings. The van der Waals surface area contributed by atoms with Crippen molar-refractivity contribution in [2.24, 2.45) is 11.8 Å². The third kappa shape index (κ3) is 10.9. The summed E-state index contributed by atoms with van der Waals surface area (Å²) in [6, 6.07) is 0. The molecule has 0 aromatic heterocycles. The second-order valence-corrected chi connectivity index (χ2v) is 3.52. The normalized spacial score (nSPS) is 11.5. The predicted octanol–water partition coefficient (Wildman–Crippen LogP) is 2.23. The van der Waals surface area contributed by atoms with Crippen molar-refractivity contribution in [3.05, 3.63) is 0 Å². The van der Waals surface area contributed by atoms with Gasteiger partial charge in [-0.3, -0.25) is 9.59 Å². The van der Waals surface area contributed by atoms with Gasteiger partial charge >= 0.3 is 11.9 Å². The second-order valence-electron chi connectivity index (χ2n) is 3.52. The highest BCUT2D eigenvalue weighted by atomic mass is 16.4. The molecule has 0 spiro atoms. The second kappa shape index (κ2) is 8.53. The minimum atomic E-state index is -0.741. The molecular weight excluding hydrogens is 184 g/mol. The number of aliphatic carboxylic acids is 2. The zero-order valence-corrected chi connectivity index (χ0v) is 9.28. The lowest BCUT2D eigenvalue weighted by Crippen LogP contribution is -2.08. The zero-order chi connectivity index (χ0) is 11.7. The van der Waals surface area contributed by atoms with Gasteiger partial charge in [-0.05, 0) is 6.42 Å². The Bertz CT molecular complexity index is 175. The van der Waals surface area contributed by atoms with Crippen LogP contribution in [0.3, 0.4) is 0 Å². The number of carbonyl (C=O) groups is 2. The van der Waals surface area contributed by atoms with Crippen molar-refractivity contribution in [2.45, 2.75) is 40.5 Å². The summed E-state index contributed by atoms with van der Waals surface area (Å²) < 4.78 is 0. The van der Waals surface area contributed by atoms with Crippen LogP contribution in [0.25, 0.3) is 0 Å². The van der Waals surface area contributed by atoms with Crippen LogP contribution in [0.1, 0.15) is 40.5 Å². The molecule has 0 fully saturated rings. The molecule has 0 aliphatic heterocycles. The maximum Gasteiger partial charge on any atom is 0.306 e. The van der Waals surface area contributed by atoms with E-state index in [-0.39, 0.29) is 11.8 Å². The van der Waals surface area contributed by atoms with Crippen LogP contribution in [0, 0.1) is 11.8 Å². The van der Waals surface area contributed by atoms with E-state index in [4.69, 9.17) is 10.2 Å². The molecule has 14 heavy (non-hydrogen) atoms. The molecule has 0 aromatic carbocycles. The molecule has 84 valence electrons. The maximum atomic E-state index is 10.1. The van der Waals surface area contributed by atoms with Crippen LogP contribution in [0.5, 0.6) is 0 Å². The van der Waals surface area contributed by atoms with E-state index in [9.17, 15) is 9.59 Å². The van der Waals surface area contributed by atoms with E-state index in [0.717, 1.165) is 12.8 Å². The van der Waals surface area contributed by atoms with Crippen molar-refractivity contribution < 1.29 is 19.8 Å². The Hall–Kier alpha value is -1.06. The summed E-state index contributed by atoms with van der Waals surface area (Å²) in [4.78, 5) is 19.8. The maximum absolute atomic E-state index is 10.1. The summed E-state index contributed by atoms with van der Waals surface area (Å²) in [5.41, 5.74) is 0. The smallest absolute Gasteiger partial charge is 0.306 e. The van der Waals surface area contributed by atoms with Gasteiger partial charge in [0, 0.05) is 0 Å². The fourth-order valence-corrected chi connectivity index (χ4v) is 0.556. The summed E-state index contributed by atoms with van der Waals surface area (Å²) >= 11 is 0. The molecule has 1 unspecified atom stereocenters. The SMILES string of the molecule is CC(C)C(=O)O.CCCC(C)C(=O)O. The highest BCUT2D eigenvalue weighted by Crippen LogP contribution is 2.03. The average molecular weight is 204 g/mol. The first kappa shape index (κ1) is 15.4. The van der Waals surface area contributed by atoms with Gasteiger partial charge in [0.25, 0.3) is 0 Å². The first-order valence-electron chi connectivity index (χ1n) is 4.78. The summed E-state index contributed by atoms with van der Waals surface area (Å²) in [5.74, 6) is -1.83. The van der Waals surface area contributed by atoms with Gasteiger partial charge in [-0.1, -0.05) is 34.1 Å². The molecule has 0 saturated heterocycles. The summed E-state index contributed by atoms with van der Waals surface area (Å²) in [5, 5.41) is 16.3. The Morgan fingerprint density at radius 2 is 1.43 bits per heavy atom. The number of hydrogen-bond acceptors (Lipinski definition) is 2. The molecule has 2 N–H and O–H groups in total. The van der Waals surface area contributed by atoms with Crippen LogP contribution in [0.15, 0.2) is 0 Å². The van der Waals surface area contributed by atoms with E-state index in [2.05, 4.69) is 0 Å².